The van der Waals surface area contributed by atoms with E-state index >= 15 is 0 Å². The monoisotopic (exact) mass is 401 g/mol. The molecule has 0 aliphatic carbocycles. The molecule has 2 aromatic heterocycles. The Balaban J connectivity index is 1.63. The lowest BCUT2D eigenvalue weighted by Crippen LogP contribution is -2.28. The third-order valence-corrected chi connectivity index (χ3v) is 5.58. The summed E-state index contributed by atoms with van der Waals surface area (Å²) < 4.78 is 16.6. The van der Waals surface area contributed by atoms with E-state index in [2.05, 4.69) is 15.1 Å². The normalized spacial score (nSPS) is 18.5. The second-order valence-electron chi connectivity index (χ2n) is 6.91. The molecule has 1 amide bonds. The van der Waals surface area contributed by atoms with Crippen LogP contribution in [0.1, 0.15) is 24.5 Å². The van der Waals surface area contributed by atoms with E-state index in [-0.39, 0.29) is 24.7 Å². The number of rotatable bonds is 3. The second kappa shape index (κ2) is 6.97. The number of fused-ring (bicyclic) bond motifs is 1. The third kappa shape index (κ3) is 3.26. The van der Waals surface area contributed by atoms with Gasteiger partial charge in [0.2, 0.25) is 11.0 Å². The maximum Gasteiger partial charge on any atom is 0.222 e. The Kier molecular flexibility index (Phi) is 4.62. The van der Waals surface area contributed by atoms with Crippen LogP contribution in [0.25, 0.3) is 16.0 Å². The predicted molar refractivity (Wildman–Crippen MR) is 107 cm³/mol. The van der Waals surface area contributed by atoms with Gasteiger partial charge in [0.1, 0.15) is 11.4 Å². The lowest BCUT2D eigenvalue weighted by atomic mass is 10.1. The molecule has 1 aliphatic heterocycles. The number of aliphatic imine (C=N–C) groups is 1. The van der Waals surface area contributed by atoms with Gasteiger partial charge in [-0.15, -0.1) is 5.10 Å². The van der Waals surface area contributed by atoms with Gasteiger partial charge in [0, 0.05) is 6.42 Å². The quantitative estimate of drug-likeness (QED) is 0.728. The molecule has 0 saturated carbocycles. The van der Waals surface area contributed by atoms with Crippen LogP contribution < -0.4 is 0 Å². The zero-order chi connectivity index (χ0) is 20.0. The molecule has 1 aliphatic rings. The molecule has 28 heavy (non-hydrogen) atoms. The molecule has 0 spiro atoms. The van der Waals surface area contributed by atoms with Crippen molar-refractivity contribution in [3.05, 3.63) is 29.5 Å². The molecule has 1 atom stereocenters. The topological polar surface area (TPSA) is 83.6 Å². The van der Waals surface area contributed by atoms with Gasteiger partial charge in [-0.05, 0) is 31.0 Å². The molecule has 1 aromatic carbocycles. The zero-order valence-electron chi connectivity index (χ0n) is 15.8. The second-order valence-corrected chi connectivity index (χ2v) is 7.92. The summed E-state index contributed by atoms with van der Waals surface area (Å²) in [4.78, 5) is 21.9. The van der Waals surface area contributed by atoms with E-state index in [9.17, 15) is 14.3 Å². The summed E-state index contributed by atoms with van der Waals surface area (Å²) in [5, 5.41) is 15.1. The maximum absolute atomic E-state index is 14.2. The standard InChI is InChI=1S/C19H20FN5O2S/c1-4-16(27)24-7-12(20)13(8-24)21-19-22-18-15(28-19)9-25(23-18)17-11(3)5-10(2)6-14(17)26/h5-6,9,12,26H,4,7-8H2,1-3H3/t12-/m0/s1. The summed E-state index contributed by atoms with van der Waals surface area (Å²) in [6.07, 6.45) is 0.863. The summed E-state index contributed by atoms with van der Waals surface area (Å²) in [5.41, 5.74) is 3.28. The molecule has 1 N–H and O–H groups in total. The van der Waals surface area contributed by atoms with Crippen LogP contribution in [-0.2, 0) is 4.79 Å². The Hall–Kier alpha value is -2.81. The van der Waals surface area contributed by atoms with Crippen LogP contribution in [0.5, 0.6) is 5.75 Å². The smallest absolute Gasteiger partial charge is 0.222 e. The van der Waals surface area contributed by atoms with Gasteiger partial charge in [-0.2, -0.15) is 4.98 Å². The average molecular weight is 401 g/mol. The predicted octanol–water partition coefficient (Wildman–Crippen LogP) is 3.47. The van der Waals surface area contributed by atoms with E-state index in [0.29, 0.717) is 28.6 Å². The van der Waals surface area contributed by atoms with Crippen LogP contribution in [0, 0.1) is 13.8 Å². The first kappa shape index (κ1) is 18.5. The van der Waals surface area contributed by atoms with Crippen LogP contribution in [0.3, 0.4) is 0 Å². The Bertz CT molecular complexity index is 1050. The third-order valence-electron chi connectivity index (χ3n) is 4.71. The highest BCUT2D eigenvalue weighted by Crippen LogP contribution is 2.32. The van der Waals surface area contributed by atoms with Gasteiger partial charge in [0.25, 0.3) is 0 Å². The molecule has 0 unspecified atom stereocenters. The summed E-state index contributed by atoms with van der Waals surface area (Å²) in [7, 11) is 0. The number of hydrogen-bond donors (Lipinski definition) is 1. The largest absolute Gasteiger partial charge is 0.506 e. The Morgan fingerprint density at radius 3 is 2.89 bits per heavy atom. The van der Waals surface area contributed by atoms with Crippen molar-refractivity contribution >= 4 is 38.4 Å². The molecular formula is C19H20FN5O2S. The first-order valence-corrected chi connectivity index (χ1v) is 9.83. The van der Waals surface area contributed by atoms with Crippen LogP contribution in [-0.4, -0.2) is 55.7 Å². The van der Waals surface area contributed by atoms with Crippen LogP contribution in [0.4, 0.5) is 9.52 Å². The van der Waals surface area contributed by atoms with Crippen molar-refractivity contribution in [2.75, 3.05) is 13.1 Å². The number of halogens is 1. The van der Waals surface area contributed by atoms with Crippen molar-refractivity contribution in [3.63, 3.8) is 0 Å². The van der Waals surface area contributed by atoms with Crippen LogP contribution in [0.2, 0.25) is 0 Å². The van der Waals surface area contributed by atoms with Gasteiger partial charge in [-0.1, -0.05) is 24.3 Å². The average Bonchev–Trinajstić information content (AvgIpc) is 3.27. The zero-order valence-corrected chi connectivity index (χ0v) is 16.6. The van der Waals surface area contributed by atoms with Gasteiger partial charge in [-0.25, -0.2) is 14.1 Å². The Labute approximate surface area is 165 Å². The Morgan fingerprint density at radius 2 is 2.21 bits per heavy atom. The van der Waals surface area contributed by atoms with Crippen molar-refractivity contribution < 1.29 is 14.3 Å². The van der Waals surface area contributed by atoms with Crippen LogP contribution >= 0.6 is 11.3 Å². The number of phenolic OH excluding ortho intramolecular Hbond substituents is 1. The fourth-order valence-electron chi connectivity index (χ4n) is 3.41. The number of hydrogen-bond acceptors (Lipinski definition) is 6. The number of likely N-dealkylation sites (tertiary alicyclic amines) is 1. The minimum Gasteiger partial charge on any atom is -0.506 e. The number of aryl methyl sites for hydroxylation is 2. The number of aromatic nitrogens is 3. The molecule has 4 rings (SSSR count). The minimum absolute atomic E-state index is 0.0485. The van der Waals surface area contributed by atoms with E-state index in [0.717, 1.165) is 15.8 Å². The number of aromatic hydroxyl groups is 1. The number of thiazole rings is 1. The van der Waals surface area contributed by atoms with Gasteiger partial charge >= 0.3 is 0 Å². The Morgan fingerprint density at radius 1 is 1.43 bits per heavy atom. The van der Waals surface area contributed by atoms with Gasteiger partial charge in [0.15, 0.2) is 11.8 Å². The summed E-state index contributed by atoms with van der Waals surface area (Å²) >= 11 is 1.30. The van der Waals surface area contributed by atoms with Crippen molar-refractivity contribution in [2.45, 2.75) is 33.4 Å². The van der Waals surface area contributed by atoms with E-state index in [1.165, 1.54) is 16.2 Å². The van der Waals surface area contributed by atoms with Gasteiger partial charge in [-0.3, -0.25) is 4.79 Å². The highest BCUT2D eigenvalue weighted by Gasteiger charge is 2.31. The maximum atomic E-state index is 14.2. The van der Waals surface area contributed by atoms with Gasteiger partial charge < -0.3 is 10.0 Å². The van der Waals surface area contributed by atoms with Crippen molar-refractivity contribution in [3.8, 4) is 11.4 Å². The number of alkyl halides is 1. The molecule has 7 nitrogen and oxygen atoms in total. The van der Waals surface area contributed by atoms with Gasteiger partial charge in [0.05, 0.1) is 29.7 Å². The summed E-state index contributed by atoms with van der Waals surface area (Å²) in [6, 6.07) is 3.66. The van der Waals surface area contributed by atoms with E-state index in [1.807, 2.05) is 19.9 Å². The molecular weight excluding hydrogens is 381 g/mol. The first-order chi connectivity index (χ1) is 13.4. The highest BCUT2D eigenvalue weighted by atomic mass is 32.1. The molecule has 1 saturated heterocycles. The van der Waals surface area contributed by atoms with E-state index in [1.54, 1.807) is 23.9 Å². The molecule has 1 fully saturated rings. The van der Waals surface area contributed by atoms with E-state index in [4.69, 9.17) is 0 Å². The SMILES string of the molecule is CCC(=O)N1CC(=Nc2nc3nn(-c4c(C)cc(C)cc4O)cc3s2)[C@@H](F)C1. The number of amides is 1. The van der Waals surface area contributed by atoms with Crippen molar-refractivity contribution in [1.29, 1.82) is 0 Å². The van der Waals surface area contributed by atoms with Crippen molar-refractivity contribution in [1.82, 2.24) is 19.7 Å². The lowest BCUT2D eigenvalue weighted by Gasteiger charge is -2.12. The molecule has 3 aromatic rings. The lowest BCUT2D eigenvalue weighted by molar-refractivity contribution is -0.129. The number of phenols is 1. The summed E-state index contributed by atoms with van der Waals surface area (Å²) in [5.74, 6) is 0.0711. The number of carbonyl (C=O) groups excluding carboxylic acids is 1. The molecule has 9 heteroatoms. The molecule has 0 radical (unpaired) electrons. The van der Waals surface area contributed by atoms with Crippen molar-refractivity contribution in [2.24, 2.45) is 4.99 Å². The minimum atomic E-state index is -1.26. The number of carbonyl (C=O) groups is 1. The molecule has 0 bridgehead atoms. The molecule has 3 heterocycles. The first-order valence-electron chi connectivity index (χ1n) is 9.01. The molecule has 146 valence electrons. The number of nitrogens with zero attached hydrogens (tertiary/aromatic N) is 5. The van der Waals surface area contributed by atoms with Crippen LogP contribution in [0.15, 0.2) is 23.3 Å². The fourth-order valence-corrected chi connectivity index (χ4v) is 4.23. The fraction of sp³-hybridized carbons (Fsp3) is 0.368. The summed E-state index contributed by atoms with van der Waals surface area (Å²) in [6.45, 7) is 5.83. The highest BCUT2D eigenvalue weighted by molar-refractivity contribution is 7.21. The van der Waals surface area contributed by atoms with E-state index < -0.39 is 6.17 Å². The number of benzene rings is 1.